The van der Waals surface area contributed by atoms with E-state index in [1.807, 2.05) is 0 Å². The normalized spacial score (nSPS) is 13.8. The molecule has 0 aromatic rings. The van der Waals surface area contributed by atoms with Gasteiger partial charge in [0.15, 0.2) is 0 Å². The Labute approximate surface area is 174 Å². The van der Waals surface area contributed by atoms with E-state index in [0.717, 1.165) is 11.8 Å². The Hall–Kier alpha value is 0. The largest absolute Gasteiger partial charge is 0.0654 e. The summed E-state index contributed by atoms with van der Waals surface area (Å²) in [4.78, 5) is 0. The quantitative estimate of drug-likeness (QED) is 0.164. The molecule has 0 saturated heterocycles. The van der Waals surface area contributed by atoms with Crippen LogP contribution < -0.4 is 0 Å². The van der Waals surface area contributed by atoms with Gasteiger partial charge in [-0.2, -0.15) is 0 Å². The molecule has 0 aromatic carbocycles. The predicted octanol–water partition coefficient (Wildman–Crippen LogP) is 10.5. The van der Waals surface area contributed by atoms with Crippen LogP contribution in [-0.2, 0) is 0 Å². The Balaban J connectivity index is 3.27. The molecule has 0 bridgehead atoms. The molecule has 0 heterocycles. The van der Waals surface area contributed by atoms with Crippen molar-refractivity contribution in [1.82, 2.24) is 0 Å². The second kappa shape index (κ2) is 22.3. The van der Waals surface area contributed by atoms with Crippen LogP contribution in [0, 0.1) is 11.8 Å². The molecule has 0 radical (unpaired) electrons. The molecule has 0 rings (SSSR count). The van der Waals surface area contributed by atoms with Crippen molar-refractivity contribution in [2.24, 2.45) is 11.8 Å². The molecule has 0 nitrogen and oxygen atoms in total. The molecule has 0 saturated carbocycles. The highest BCUT2D eigenvalue weighted by Gasteiger charge is 2.08. The summed E-state index contributed by atoms with van der Waals surface area (Å²) >= 11 is 0. The highest BCUT2D eigenvalue weighted by atomic mass is 14.1. The number of hydrogen-bond acceptors (Lipinski definition) is 0. The van der Waals surface area contributed by atoms with Gasteiger partial charge in [-0.25, -0.2) is 0 Å². The molecular weight excluding hydrogens is 324 g/mol. The molecule has 164 valence electrons. The Morgan fingerprint density at radius 3 is 0.926 bits per heavy atom. The zero-order chi connectivity index (χ0) is 20.0. The Morgan fingerprint density at radius 2 is 0.630 bits per heavy atom. The summed E-state index contributed by atoms with van der Waals surface area (Å²) in [7, 11) is 0. The summed E-state index contributed by atoms with van der Waals surface area (Å²) in [6, 6.07) is 0. The zero-order valence-corrected chi connectivity index (χ0v) is 20.0. The van der Waals surface area contributed by atoms with Crippen LogP contribution in [0.15, 0.2) is 0 Å². The van der Waals surface area contributed by atoms with Gasteiger partial charge in [0.25, 0.3) is 0 Å². The highest BCUT2D eigenvalue weighted by molar-refractivity contribution is 4.61. The van der Waals surface area contributed by atoms with Crippen LogP contribution in [0.4, 0.5) is 0 Å². The van der Waals surface area contributed by atoms with E-state index in [9.17, 15) is 0 Å². The van der Waals surface area contributed by atoms with Gasteiger partial charge in [0.05, 0.1) is 0 Å². The van der Waals surface area contributed by atoms with Gasteiger partial charge < -0.3 is 0 Å². The summed E-state index contributed by atoms with van der Waals surface area (Å²) < 4.78 is 0. The summed E-state index contributed by atoms with van der Waals surface area (Å²) in [5.41, 5.74) is 0. The van der Waals surface area contributed by atoms with E-state index in [0.29, 0.717) is 0 Å². The van der Waals surface area contributed by atoms with Gasteiger partial charge in [-0.3, -0.25) is 0 Å². The van der Waals surface area contributed by atoms with Gasteiger partial charge >= 0.3 is 0 Å². The fourth-order valence-corrected chi connectivity index (χ4v) is 4.53. The van der Waals surface area contributed by atoms with E-state index in [2.05, 4.69) is 27.7 Å². The van der Waals surface area contributed by atoms with Crippen molar-refractivity contribution >= 4 is 0 Å². The lowest BCUT2D eigenvalue weighted by atomic mass is 9.89. The average Bonchev–Trinajstić information content (AvgIpc) is 2.65. The number of rotatable bonds is 22. The fraction of sp³-hybridized carbons (Fsp3) is 1.00. The minimum atomic E-state index is 0.947. The van der Waals surface area contributed by atoms with Crippen molar-refractivity contribution in [3.05, 3.63) is 0 Å². The highest BCUT2D eigenvalue weighted by Crippen LogP contribution is 2.23. The first-order valence-corrected chi connectivity index (χ1v) is 13.2. The molecule has 0 aromatic heterocycles. The summed E-state index contributed by atoms with van der Waals surface area (Å²) in [5.74, 6) is 1.90. The molecule has 2 unspecified atom stereocenters. The molecule has 0 heteroatoms. The third kappa shape index (κ3) is 22.2. The number of unbranched alkanes of at least 4 members (excludes halogenated alkanes) is 16. The van der Waals surface area contributed by atoms with Gasteiger partial charge in [-0.1, -0.05) is 156 Å². The van der Waals surface area contributed by atoms with Crippen LogP contribution in [0.3, 0.4) is 0 Å². The van der Waals surface area contributed by atoms with E-state index in [4.69, 9.17) is 0 Å². The average molecular weight is 381 g/mol. The van der Waals surface area contributed by atoms with Crippen LogP contribution >= 0.6 is 0 Å². The first-order chi connectivity index (χ1) is 13.2. The van der Waals surface area contributed by atoms with E-state index in [1.54, 1.807) is 0 Å². The topological polar surface area (TPSA) is 0 Å². The summed E-state index contributed by atoms with van der Waals surface area (Å²) in [6.07, 6.45) is 30.7. The Morgan fingerprint density at radius 1 is 0.370 bits per heavy atom. The van der Waals surface area contributed by atoms with Crippen LogP contribution in [0.2, 0.25) is 0 Å². The molecule has 2 atom stereocenters. The Kier molecular flexibility index (Phi) is 22.3. The van der Waals surface area contributed by atoms with Gasteiger partial charge in [0.1, 0.15) is 0 Å². The lowest BCUT2D eigenvalue weighted by Gasteiger charge is -2.17. The summed E-state index contributed by atoms with van der Waals surface area (Å²) in [6.45, 7) is 9.60. The van der Waals surface area contributed by atoms with Gasteiger partial charge in [-0.15, -0.1) is 0 Å². The van der Waals surface area contributed by atoms with E-state index in [-0.39, 0.29) is 0 Å². The molecule has 27 heavy (non-hydrogen) atoms. The van der Waals surface area contributed by atoms with Crippen LogP contribution in [0.1, 0.15) is 163 Å². The SMILES string of the molecule is CCCCCCCCCCCCCCC(C)CC(C)CCCCCCCC. The van der Waals surface area contributed by atoms with Gasteiger partial charge in [0.2, 0.25) is 0 Å². The lowest BCUT2D eigenvalue weighted by Crippen LogP contribution is -2.03. The van der Waals surface area contributed by atoms with Crippen molar-refractivity contribution in [2.45, 2.75) is 163 Å². The van der Waals surface area contributed by atoms with Crippen molar-refractivity contribution in [3.8, 4) is 0 Å². The lowest BCUT2D eigenvalue weighted by molar-refractivity contribution is 0.356. The first kappa shape index (κ1) is 27.0. The minimum absolute atomic E-state index is 0.947. The molecule has 0 aliphatic rings. The molecule has 0 fully saturated rings. The molecule has 0 spiro atoms. The maximum absolute atomic E-state index is 2.50. The third-order valence-corrected chi connectivity index (χ3v) is 6.41. The smallest absolute Gasteiger partial charge is 0.0440 e. The molecular formula is C27H56. The van der Waals surface area contributed by atoms with Crippen LogP contribution in [0.5, 0.6) is 0 Å². The number of hydrogen-bond donors (Lipinski definition) is 0. The molecule has 0 N–H and O–H groups in total. The van der Waals surface area contributed by atoms with Crippen LogP contribution in [-0.4, -0.2) is 0 Å². The fourth-order valence-electron chi connectivity index (χ4n) is 4.53. The van der Waals surface area contributed by atoms with Gasteiger partial charge in [-0.05, 0) is 18.3 Å². The minimum Gasteiger partial charge on any atom is -0.0654 e. The van der Waals surface area contributed by atoms with Crippen LogP contribution in [0.25, 0.3) is 0 Å². The third-order valence-electron chi connectivity index (χ3n) is 6.41. The molecule has 0 aliphatic heterocycles. The second-order valence-electron chi connectivity index (χ2n) is 9.68. The predicted molar refractivity (Wildman–Crippen MR) is 127 cm³/mol. The van der Waals surface area contributed by atoms with Crippen molar-refractivity contribution < 1.29 is 0 Å². The molecule has 0 amide bonds. The van der Waals surface area contributed by atoms with Crippen molar-refractivity contribution in [1.29, 1.82) is 0 Å². The van der Waals surface area contributed by atoms with E-state index in [1.165, 1.54) is 135 Å². The standard InChI is InChI=1S/C27H56/c1-5-7-9-11-13-14-15-16-17-18-20-22-24-27(4)25-26(3)23-21-19-12-10-8-6-2/h26-27H,5-25H2,1-4H3. The maximum Gasteiger partial charge on any atom is -0.0440 e. The molecule has 0 aliphatic carbocycles. The van der Waals surface area contributed by atoms with Crippen molar-refractivity contribution in [3.63, 3.8) is 0 Å². The Bertz CT molecular complexity index is 257. The van der Waals surface area contributed by atoms with Crippen molar-refractivity contribution in [2.75, 3.05) is 0 Å². The first-order valence-electron chi connectivity index (χ1n) is 13.2. The van der Waals surface area contributed by atoms with E-state index >= 15 is 0 Å². The monoisotopic (exact) mass is 380 g/mol. The zero-order valence-electron chi connectivity index (χ0n) is 20.0. The maximum atomic E-state index is 2.50. The van der Waals surface area contributed by atoms with Gasteiger partial charge in [0, 0.05) is 0 Å². The second-order valence-corrected chi connectivity index (χ2v) is 9.68. The van der Waals surface area contributed by atoms with E-state index < -0.39 is 0 Å². The summed E-state index contributed by atoms with van der Waals surface area (Å²) in [5, 5.41) is 0.